The maximum absolute atomic E-state index is 5.60. The molecular formula is C12H17NO. The SMILES string of the molecule is COc1ccc(C2CC2)c(CCN)c1. The Morgan fingerprint density at radius 1 is 1.43 bits per heavy atom. The van der Waals surface area contributed by atoms with Crippen molar-refractivity contribution in [2.45, 2.75) is 25.2 Å². The summed E-state index contributed by atoms with van der Waals surface area (Å²) in [7, 11) is 1.71. The zero-order valence-corrected chi connectivity index (χ0v) is 8.62. The van der Waals surface area contributed by atoms with Crippen molar-refractivity contribution in [3.05, 3.63) is 29.3 Å². The molecule has 1 aromatic rings. The third-order valence-electron chi connectivity index (χ3n) is 2.78. The van der Waals surface area contributed by atoms with Crippen LogP contribution in [0, 0.1) is 0 Å². The molecule has 0 aliphatic heterocycles. The second-order valence-corrected chi connectivity index (χ2v) is 3.88. The third kappa shape index (κ3) is 1.90. The van der Waals surface area contributed by atoms with E-state index >= 15 is 0 Å². The van der Waals surface area contributed by atoms with Crippen molar-refractivity contribution in [3.63, 3.8) is 0 Å². The predicted molar refractivity (Wildman–Crippen MR) is 57.7 cm³/mol. The van der Waals surface area contributed by atoms with Gasteiger partial charge in [0.1, 0.15) is 5.75 Å². The van der Waals surface area contributed by atoms with Gasteiger partial charge < -0.3 is 10.5 Å². The van der Waals surface area contributed by atoms with Crippen molar-refractivity contribution in [1.29, 1.82) is 0 Å². The molecule has 0 bridgehead atoms. The van der Waals surface area contributed by atoms with E-state index in [9.17, 15) is 0 Å². The van der Waals surface area contributed by atoms with Crippen LogP contribution in [0.1, 0.15) is 29.9 Å². The highest BCUT2D eigenvalue weighted by Crippen LogP contribution is 2.42. The summed E-state index contributed by atoms with van der Waals surface area (Å²) < 4.78 is 5.22. The molecule has 0 unspecified atom stereocenters. The van der Waals surface area contributed by atoms with Gasteiger partial charge in [0.15, 0.2) is 0 Å². The molecule has 1 aromatic carbocycles. The minimum Gasteiger partial charge on any atom is -0.497 e. The Morgan fingerprint density at radius 2 is 2.21 bits per heavy atom. The number of benzene rings is 1. The van der Waals surface area contributed by atoms with E-state index in [0.29, 0.717) is 6.54 Å². The largest absolute Gasteiger partial charge is 0.497 e. The van der Waals surface area contributed by atoms with E-state index in [1.54, 1.807) is 7.11 Å². The summed E-state index contributed by atoms with van der Waals surface area (Å²) in [5.41, 5.74) is 8.45. The summed E-state index contributed by atoms with van der Waals surface area (Å²) in [4.78, 5) is 0. The maximum atomic E-state index is 5.60. The third-order valence-corrected chi connectivity index (χ3v) is 2.78. The molecule has 0 amide bonds. The number of hydrogen-bond acceptors (Lipinski definition) is 2. The molecule has 2 heteroatoms. The van der Waals surface area contributed by atoms with Gasteiger partial charge in [-0.05, 0) is 55.0 Å². The molecule has 1 aliphatic carbocycles. The van der Waals surface area contributed by atoms with Gasteiger partial charge in [-0.3, -0.25) is 0 Å². The quantitative estimate of drug-likeness (QED) is 0.790. The summed E-state index contributed by atoms with van der Waals surface area (Å²) in [6.07, 6.45) is 3.64. The van der Waals surface area contributed by atoms with E-state index in [4.69, 9.17) is 10.5 Å². The second kappa shape index (κ2) is 4.01. The molecule has 14 heavy (non-hydrogen) atoms. The van der Waals surface area contributed by atoms with Crippen LogP contribution in [0.15, 0.2) is 18.2 Å². The molecule has 2 N–H and O–H groups in total. The highest BCUT2D eigenvalue weighted by molar-refractivity contribution is 5.39. The van der Waals surface area contributed by atoms with Crippen LogP contribution in [0.2, 0.25) is 0 Å². The van der Waals surface area contributed by atoms with Gasteiger partial charge in [0.25, 0.3) is 0 Å². The molecular weight excluding hydrogens is 174 g/mol. The lowest BCUT2D eigenvalue weighted by molar-refractivity contribution is 0.414. The summed E-state index contributed by atoms with van der Waals surface area (Å²) in [6, 6.07) is 6.37. The summed E-state index contributed by atoms with van der Waals surface area (Å²) in [5, 5.41) is 0. The standard InChI is InChI=1S/C12H17NO/c1-14-11-4-5-12(9-2-3-9)10(8-11)6-7-13/h4-5,8-9H,2-3,6-7,13H2,1H3. The van der Waals surface area contributed by atoms with E-state index in [0.717, 1.165) is 18.1 Å². The molecule has 2 rings (SSSR count). The Hall–Kier alpha value is -1.02. The Balaban J connectivity index is 2.28. The summed E-state index contributed by atoms with van der Waals surface area (Å²) >= 11 is 0. The van der Waals surface area contributed by atoms with Crippen molar-refractivity contribution in [1.82, 2.24) is 0 Å². The van der Waals surface area contributed by atoms with E-state index in [2.05, 4.69) is 12.1 Å². The fourth-order valence-corrected chi connectivity index (χ4v) is 1.87. The van der Waals surface area contributed by atoms with E-state index in [-0.39, 0.29) is 0 Å². The number of rotatable bonds is 4. The van der Waals surface area contributed by atoms with E-state index in [1.807, 2.05) is 6.07 Å². The van der Waals surface area contributed by atoms with Crippen molar-refractivity contribution in [2.75, 3.05) is 13.7 Å². The molecule has 0 atom stereocenters. The second-order valence-electron chi connectivity index (χ2n) is 3.88. The van der Waals surface area contributed by atoms with Gasteiger partial charge in [-0.1, -0.05) is 6.07 Å². The van der Waals surface area contributed by atoms with Gasteiger partial charge in [0.05, 0.1) is 7.11 Å². The molecule has 1 saturated carbocycles. The van der Waals surface area contributed by atoms with Gasteiger partial charge in [0.2, 0.25) is 0 Å². The lowest BCUT2D eigenvalue weighted by Crippen LogP contribution is -2.05. The minimum absolute atomic E-state index is 0.715. The van der Waals surface area contributed by atoms with Crippen LogP contribution >= 0.6 is 0 Å². The van der Waals surface area contributed by atoms with Gasteiger partial charge >= 0.3 is 0 Å². The Kier molecular flexibility index (Phi) is 2.73. The zero-order valence-electron chi connectivity index (χ0n) is 8.62. The lowest BCUT2D eigenvalue weighted by atomic mass is 10.0. The number of ether oxygens (including phenoxy) is 1. The summed E-state index contributed by atoms with van der Waals surface area (Å²) in [6.45, 7) is 0.715. The van der Waals surface area contributed by atoms with Crippen molar-refractivity contribution in [2.24, 2.45) is 5.73 Å². The van der Waals surface area contributed by atoms with Gasteiger partial charge in [-0.25, -0.2) is 0 Å². The number of methoxy groups -OCH3 is 1. The Morgan fingerprint density at radius 3 is 2.79 bits per heavy atom. The molecule has 0 heterocycles. The van der Waals surface area contributed by atoms with E-state index < -0.39 is 0 Å². The predicted octanol–water partition coefficient (Wildman–Crippen LogP) is 2.07. The first-order chi connectivity index (χ1) is 6.85. The average molecular weight is 191 g/mol. The van der Waals surface area contributed by atoms with Crippen LogP contribution < -0.4 is 10.5 Å². The van der Waals surface area contributed by atoms with Crippen molar-refractivity contribution >= 4 is 0 Å². The van der Waals surface area contributed by atoms with Crippen molar-refractivity contribution in [3.8, 4) is 5.75 Å². The van der Waals surface area contributed by atoms with Crippen LogP contribution in [0.3, 0.4) is 0 Å². The average Bonchev–Trinajstić information content (AvgIpc) is 3.02. The number of hydrogen-bond donors (Lipinski definition) is 1. The molecule has 1 aliphatic rings. The fourth-order valence-electron chi connectivity index (χ4n) is 1.87. The monoisotopic (exact) mass is 191 g/mol. The van der Waals surface area contributed by atoms with Crippen molar-refractivity contribution < 1.29 is 4.74 Å². The molecule has 0 saturated heterocycles. The smallest absolute Gasteiger partial charge is 0.119 e. The maximum Gasteiger partial charge on any atom is 0.119 e. The molecule has 0 radical (unpaired) electrons. The lowest BCUT2D eigenvalue weighted by Gasteiger charge is -2.09. The van der Waals surface area contributed by atoms with Gasteiger partial charge in [-0.2, -0.15) is 0 Å². The normalized spacial score (nSPS) is 15.6. The van der Waals surface area contributed by atoms with Gasteiger partial charge in [0, 0.05) is 0 Å². The van der Waals surface area contributed by atoms with E-state index in [1.165, 1.54) is 24.0 Å². The highest BCUT2D eigenvalue weighted by atomic mass is 16.5. The van der Waals surface area contributed by atoms with Gasteiger partial charge in [-0.15, -0.1) is 0 Å². The van der Waals surface area contributed by atoms with Crippen LogP contribution in [-0.2, 0) is 6.42 Å². The number of nitrogens with two attached hydrogens (primary N) is 1. The first-order valence-corrected chi connectivity index (χ1v) is 5.22. The van der Waals surface area contributed by atoms with Crippen LogP contribution in [0.5, 0.6) is 5.75 Å². The highest BCUT2D eigenvalue weighted by Gasteiger charge is 2.25. The molecule has 1 fully saturated rings. The minimum atomic E-state index is 0.715. The first-order valence-electron chi connectivity index (χ1n) is 5.22. The Labute approximate surface area is 85.1 Å². The summed E-state index contributed by atoms with van der Waals surface area (Å²) in [5.74, 6) is 1.74. The molecule has 76 valence electrons. The topological polar surface area (TPSA) is 35.2 Å². The fraction of sp³-hybridized carbons (Fsp3) is 0.500. The molecule has 0 spiro atoms. The molecule has 0 aromatic heterocycles. The first kappa shape index (κ1) is 9.53. The van der Waals surface area contributed by atoms with Crippen LogP contribution in [0.4, 0.5) is 0 Å². The van der Waals surface area contributed by atoms with Crippen LogP contribution in [-0.4, -0.2) is 13.7 Å². The Bertz CT molecular complexity index is 318. The zero-order chi connectivity index (χ0) is 9.97. The van der Waals surface area contributed by atoms with Crippen LogP contribution in [0.25, 0.3) is 0 Å². The molecule has 2 nitrogen and oxygen atoms in total.